The van der Waals surface area contributed by atoms with Crippen LogP contribution in [0, 0.1) is 6.92 Å². The van der Waals surface area contributed by atoms with Gasteiger partial charge in [0.15, 0.2) is 5.96 Å². The molecule has 0 heterocycles. The molecule has 0 aliphatic rings. The van der Waals surface area contributed by atoms with Crippen LogP contribution in [0.15, 0.2) is 34.2 Å². The predicted molar refractivity (Wildman–Crippen MR) is 94.5 cm³/mol. The van der Waals surface area contributed by atoms with E-state index >= 15 is 0 Å². The van der Waals surface area contributed by atoms with Crippen molar-refractivity contribution in [2.24, 2.45) is 16.5 Å². The van der Waals surface area contributed by atoms with Gasteiger partial charge in [-0.3, -0.25) is 9.79 Å². The first-order chi connectivity index (χ1) is 10.8. The molecular formula is C14H23ClN4O4S. The van der Waals surface area contributed by atoms with E-state index in [0.29, 0.717) is 18.5 Å². The quantitative estimate of drug-likeness (QED) is 0.257. The third kappa shape index (κ3) is 6.73. The number of hydrogen-bond donors (Lipinski definition) is 3. The van der Waals surface area contributed by atoms with E-state index < -0.39 is 22.0 Å². The van der Waals surface area contributed by atoms with E-state index in [0.717, 1.165) is 0 Å². The zero-order chi connectivity index (χ0) is 17.5. The molecule has 1 aromatic rings. The van der Waals surface area contributed by atoms with Crippen LogP contribution in [0.3, 0.4) is 0 Å². The van der Waals surface area contributed by atoms with E-state index in [2.05, 4.69) is 14.5 Å². The van der Waals surface area contributed by atoms with Gasteiger partial charge in [-0.15, -0.1) is 12.4 Å². The van der Waals surface area contributed by atoms with Gasteiger partial charge in [0, 0.05) is 6.54 Å². The molecule has 0 radical (unpaired) electrons. The lowest BCUT2D eigenvalue weighted by Crippen LogP contribution is -2.41. The Morgan fingerprint density at radius 2 is 1.96 bits per heavy atom. The van der Waals surface area contributed by atoms with E-state index in [-0.39, 0.29) is 29.7 Å². The lowest BCUT2D eigenvalue weighted by Gasteiger charge is -2.17. The number of benzene rings is 1. The molecule has 1 atom stereocenters. The minimum atomic E-state index is -3.83. The summed E-state index contributed by atoms with van der Waals surface area (Å²) < 4.78 is 31.9. The zero-order valence-corrected chi connectivity index (χ0v) is 15.2. The predicted octanol–water partition coefficient (Wildman–Crippen LogP) is 0.290. The second-order valence-corrected chi connectivity index (χ2v) is 6.59. The van der Waals surface area contributed by atoms with Crippen LogP contribution in [0.1, 0.15) is 18.4 Å². The molecule has 24 heavy (non-hydrogen) atoms. The standard InChI is InChI=1S/C14H22N4O4S.ClH/c1-10-6-3-4-8-12(10)23(20,21)18-11(13(19)22-2)7-5-9-17-14(15)16;/h3-4,6,8,11,18H,5,7,9H2,1-2H3,(H4,15,16,17);1H/t11-;/m0./s1. The number of rotatable bonds is 8. The number of nitrogens with two attached hydrogens (primary N) is 2. The number of esters is 1. The number of carbonyl (C=O) groups excluding carboxylic acids is 1. The van der Waals surface area contributed by atoms with Crippen LogP contribution in [0.4, 0.5) is 0 Å². The molecule has 0 unspecified atom stereocenters. The topological polar surface area (TPSA) is 137 Å². The third-order valence-electron chi connectivity index (χ3n) is 3.11. The molecule has 5 N–H and O–H groups in total. The highest BCUT2D eigenvalue weighted by Gasteiger charge is 2.26. The summed E-state index contributed by atoms with van der Waals surface area (Å²) in [6.07, 6.45) is 0.641. The van der Waals surface area contributed by atoms with Crippen molar-refractivity contribution < 1.29 is 17.9 Å². The summed E-state index contributed by atoms with van der Waals surface area (Å²) in [4.78, 5) is 15.7. The van der Waals surface area contributed by atoms with Gasteiger partial charge in [0.25, 0.3) is 0 Å². The van der Waals surface area contributed by atoms with Crippen LogP contribution in [0.25, 0.3) is 0 Å². The molecule has 0 spiro atoms. The Kier molecular flexibility index (Phi) is 9.34. The number of carbonyl (C=O) groups is 1. The maximum Gasteiger partial charge on any atom is 0.323 e. The maximum atomic E-state index is 12.4. The largest absolute Gasteiger partial charge is 0.468 e. The van der Waals surface area contributed by atoms with Crippen LogP contribution in [-0.4, -0.2) is 40.0 Å². The van der Waals surface area contributed by atoms with Crippen LogP contribution in [0.2, 0.25) is 0 Å². The fourth-order valence-electron chi connectivity index (χ4n) is 1.98. The Labute approximate surface area is 148 Å². The number of ether oxygens (including phenoxy) is 1. The van der Waals surface area contributed by atoms with Crippen LogP contribution >= 0.6 is 12.4 Å². The van der Waals surface area contributed by atoms with E-state index in [9.17, 15) is 13.2 Å². The van der Waals surface area contributed by atoms with Crippen LogP contribution in [0.5, 0.6) is 0 Å². The molecule has 10 heteroatoms. The molecule has 1 aromatic carbocycles. The highest BCUT2D eigenvalue weighted by molar-refractivity contribution is 7.89. The fourth-order valence-corrected chi connectivity index (χ4v) is 3.44. The highest BCUT2D eigenvalue weighted by atomic mass is 35.5. The Balaban J connectivity index is 0.00000529. The van der Waals surface area contributed by atoms with Crippen molar-refractivity contribution in [1.29, 1.82) is 0 Å². The van der Waals surface area contributed by atoms with Gasteiger partial charge >= 0.3 is 5.97 Å². The Hall–Kier alpha value is -1.84. The van der Waals surface area contributed by atoms with Crippen molar-refractivity contribution in [3.63, 3.8) is 0 Å². The summed E-state index contributed by atoms with van der Waals surface area (Å²) in [5, 5.41) is 0. The second kappa shape index (κ2) is 10.1. The zero-order valence-electron chi connectivity index (χ0n) is 13.6. The van der Waals surface area contributed by atoms with Gasteiger partial charge in [-0.05, 0) is 31.4 Å². The lowest BCUT2D eigenvalue weighted by molar-refractivity contribution is -0.142. The van der Waals surface area contributed by atoms with Crippen molar-refractivity contribution in [3.05, 3.63) is 29.8 Å². The average molecular weight is 379 g/mol. The maximum absolute atomic E-state index is 12.4. The Morgan fingerprint density at radius 1 is 1.33 bits per heavy atom. The average Bonchev–Trinajstić information content (AvgIpc) is 2.49. The molecule has 1 rings (SSSR count). The van der Waals surface area contributed by atoms with Gasteiger partial charge in [0.2, 0.25) is 10.0 Å². The van der Waals surface area contributed by atoms with Crippen molar-refractivity contribution >= 4 is 34.4 Å². The first-order valence-electron chi connectivity index (χ1n) is 6.99. The summed E-state index contributed by atoms with van der Waals surface area (Å²) in [7, 11) is -2.63. The molecule has 8 nitrogen and oxygen atoms in total. The molecule has 0 saturated carbocycles. The summed E-state index contributed by atoms with van der Waals surface area (Å²) in [6.45, 7) is 1.97. The van der Waals surface area contributed by atoms with Gasteiger partial charge in [-0.25, -0.2) is 8.42 Å². The summed E-state index contributed by atoms with van der Waals surface area (Å²) in [5.41, 5.74) is 11.0. The number of hydrogen-bond acceptors (Lipinski definition) is 5. The Morgan fingerprint density at radius 3 is 2.50 bits per heavy atom. The number of halogens is 1. The first kappa shape index (κ1) is 22.2. The number of sulfonamides is 1. The molecular weight excluding hydrogens is 356 g/mol. The summed E-state index contributed by atoms with van der Waals surface area (Å²) in [5.74, 6) is -0.716. The summed E-state index contributed by atoms with van der Waals surface area (Å²) >= 11 is 0. The molecule has 136 valence electrons. The SMILES string of the molecule is COC(=O)[C@H](CCCN=C(N)N)NS(=O)(=O)c1ccccc1C.Cl. The van der Waals surface area contributed by atoms with E-state index in [1.807, 2.05) is 0 Å². The normalized spacial score (nSPS) is 11.9. The number of aliphatic imine (C=N–C) groups is 1. The molecule has 0 fully saturated rings. The molecule has 0 aliphatic carbocycles. The smallest absolute Gasteiger partial charge is 0.323 e. The lowest BCUT2D eigenvalue weighted by atomic mass is 10.2. The van der Waals surface area contributed by atoms with E-state index in [1.165, 1.54) is 13.2 Å². The van der Waals surface area contributed by atoms with Gasteiger partial charge in [-0.1, -0.05) is 18.2 Å². The molecule has 0 amide bonds. The number of nitrogens with zero attached hydrogens (tertiary/aromatic N) is 1. The van der Waals surface area contributed by atoms with Crippen LogP contribution < -0.4 is 16.2 Å². The molecule has 0 saturated heterocycles. The van der Waals surface area contributed by atoms with Crippen molar-refractivity contribution in [3.8, 4) is 0 Å². The number of aryl methyl sites for hydroxylation is 1. The molecule has 0 aromatic heterocycles. The van der Waals surface area contributed by atoms with Crippen molar-refractivity contribution in [2.75, 3.05) is 13.7 Å². The van der Waals surface area contributed by atoms with Crippen LogP contribution in [-0.2, 0) is 19.6 Å². The second-order valence-electron chi connectivity index (χ2n) is 4.91. The fraction of sp³-hybridized carbons (Fsp3) is 0.429. The van der Waals surface area contributed by atoms with Crippen molar-refractivity contribution in [1.82, 2.24) is 4.72 Å². The molecule has 0 bridgehead atoms. The van der Waals surface area contributed by atoms with Crippen molar-refractivity contribution in [2.45, 2.75) is 30.7 Å². The third-order valence-corrected chi connectivity index (χ3v) is 4.74. The Bertz CT molecular complexity index is 675. The van der Waals surface area contributed by atoms with E-state index in [4.69, 9.17) is 11.5 Å². The minimum Gasteiger partial charge on any atom is -0.468 e. The number of methoxy groups -OCH3 is 1. The first-order valence-corrected chi connectivity index (χ1v) is 8.47. The van der Waals surface area contributed by atoms with Gasteiger partial charge in [0.05, 0.1) is 12.0 Å². The highest BCUT2D eigenvalue weighted by Crippen LogP contribution is 2.15. The number of nitrogens with one attached hydrogen (secondary N) is 1. The van der Waals surface area contributed by atoms with Gasteiger partial charge < -0.3 is 16.2 Å². The summed E-state index contributed by atoms with van der Waals surface area (Å²) in [6, 6.07) is 5.51. The van der Waals surface area contributed by atoms with E-state index in [1.54, 1.807) is 25.1 Å². The van der Waals surface area contributed by atoms with Gasteiger partial charge in [0.1, 0.15) is 6.04 Å². The minimum absolute atomic E-state index is 0. The molecule has 0 aliphatic heterocycles. The van der Waals surface area contributed by atoms with Gasteiger partial charge in [-0.2, -0.15) is 4.72 Å². The number of guanidine groups is 1. The monoisotopic (exact) mass is 378 g/mol.